The van der Waals surface area contributed by atoms with E-state index in [1.165, 1.54) is 25.7 Å². The number of hydrogen-bond donors (Lipinski definition) is 1. The van der Waals surface area contributed by atoms with Gasteiger partial charge in [-0.2, -0.15) is 0 Å². The largest absolute Gasteiger partial charge is 0.412 e. The third-order valence-corrected chi connectivity index (χ3v) is 6.38. The van der Waals surface area contributed by atoms with Crippen LogP contribution in [-0.4, -0.2) is 63.2 Å². The highest BCUT2D eigenvalue weighted by molar-refractivity contribution is 7.98. The summed E-state index contributed by atoms with van der Waals surface area (Å²) < 4.78 is 0. The minimum atomic E-state index is 0. The second kappa shape index (κ2) is 10.7. The lowest BCUT2D eigenvalue weighted by Crippen LogP contribution is -2.36. The van der Waals surface area contributed by atoms with Crippen LogP contribution in [0.25, 0.3) is 22.0 Å². The Bertz CT molecular complexity index is 961. The predicted octanol–water partition coefficient (Wildman–Crippen LogP) is 3.05. The van der Waals surface area contributed by atoms with Gasteiger partial charge in [-0.15, -0.1) is 11.8 Å². The zero-order chi connectivity index (χ0) is 19.5. The number of rotatable bonds is 5. The van der Waals surface area contributed by atoms with Crippen molar-refractivity contribution in [1.29, 1.82) is 0 Å². The zero-order valence-corrected chi connectivity index (χ0v) is 18.5. The van der Waals surface area contributed by atoms with E-state index in [0.717, 1.165) is 32.7 Å². The first kappa shape index (κ1) is 24.0. The topological polar surface area (TPSA) is 117 Å². The second-order valence-corrected chi connectivity index (χ2v) is 8.56. The van der Waals surface area contributed by atoms with E-state index < -0.39 is 0 Å². The maximum absolute atomic E-state index is 4.57. The molecular weight excluding hydrogens is 398 g/mol. The van der Waals surface area contributed by atoms with Crippen molar-refractivity contribution in [2.75, 3.05) is 25.7 Å². The van der Waals surface area contributed by atoms with Crippen LogP contribution in [-0.2, 0) is 0 Å². The summed E-state index contributed by atoms with van der Waals surface area (Å²) in [5, 5.41) is 4.77. The maximum atomic E-state index is 4.57. The van der Waals surface area contributed by atoms with Crippen molar-refractivity contribution >= 4 is 28.5 Å². The van der Waals surface area contributed by atoms with Gasteiger partial charge in [0.15, 0.2) is 0 Å². The average Bonchev–Trinajstić information content (AvgIpc) is 2.74. The third-order valence-electron chi connectivity index (χ3n) is 5.69. The zero-order valence-electron chi connectivity index (χ0n) is 17.7. The van der Waals surface area contributed by atoms with Crippen molar-refractivity contribution in [3.63, 3.8) is 0 Å². The van der Waals surface area contributed by atoms with Gasteiger partial charge >= 0.3 is 0 Å². The van der Waals surface area contributed by atoms with Gasteiger partial charge < -0.3 is 21.2 Å². The summed E-state index contributed by atoms with van der Waals surface area (Å²) >= 11 is 1.71. The van der Waals surface area contributed by atoms with E-state index in [4.69, 9.17) is 0 Å². The van der Waals surface area contributed by atoms with Crippen LogP contribution in [0, 0.1) is 0 Å². The van der Waals surface area contributed by atoms with E-state index in [2.05, 4.69) is 69.8 Å². The first-order chi connectivity index (χ1) is 13.6. The smallest absolute Gasteiger partial charge is 0.137 e. The molecule has 8 heteroatoms. The van der Waals surface area contributed by atoms with Crippen molar-refractivity contribution in [1.82, 2.24) is 19.9 Å². The number of nitrogens with one attached hydrogen (secondary N) is 1. The fourth-order valence-electron chi connectivity index (χ4n) is 3.97. The van der Waals surface area contributed by atoms with Crippen molar-refractivity contribution in [3.05, 3.63) is 43.0 Å². The molecule has 0 radical (unpaired) electrons. The molecule has 1 fully saturated rings. The summed E-state index contributed by atoms with van der Waals surface area (Å²) in [7, 11) is 4.36. The van der Waals surface area contributed by atoms with Crippen LogP contribution in [0.3, 0.4) is 0 Å². The van der Waals surface area contributed by atoms with Crippen LogP contribution in [0.1, 0.15) is 25.7 Å². The molecule has 1 aromatic carbocycles. The summed E-state index contributed by atoms with van der Waals surface area (Å²) in [5.41, 5.74) is 3.23. The van der Waals surface area contributed by atoms with Gasteiger partial charge in [0.2, 0.25) is 0 Å². The first-order valence-electron chi connectivity index (χ1n) is 9.81. The Hall–Kier alpha value is -2.26. The lowest BCUT2D eigenvalue weighted by atomic mass is 9.90. The van der Waals surface area contributed by atoms with Gasteiger partial charge in [-0.25, -0.2) is 9.97 Å². The minimum absolute atomic E-state index is 0. The highest BCUT2D eigenvalue weighted by atomic mass is 32.2. The van der Waals surface area contributed by atoms with E-state index in [1.807, 2.05) is 12.4 Å². The van der Waals surface area contributed by atoms with Crippen molar-refractivity contribution in [2.45, 2.75) is 42.7 Å². The number of benzene rings is 1. The van der Waals surface area contributed by atoms with E-state index >= 15 is 0 Å². The number of hydrogen-bond acceptors (Lipinski definition) is 6. The van der Waals surface area contributed by atoms with Crippen LogP contribution in [0.4, 0.5) is 5.82 Å². The van der Waals surface area contributed by atoms with E-state index in [1.54, 1.807) is 18.1 Å². The molecule has 0 unspecified atom stereocenters. The normalized spacial score (nSPS) is 18.5. The van der Waals surface area contributed by atoms with Gasteiger partial charge in [-0.3, -0.25) is 4.98 Å². The van der Waals surface area contributed by atoms with Crippen molar-refractivity contribution in [3.8, 4) is 11.1 Å². The maximum Gasteiger partial charge on any atom is 0.137 e. The SMILES string of the molecule is CSc1cncc(-c2ccc3ncnc(NC4CCC(N(C)C)CC4)c3c2)c1.O.O. The molecule has 4 rings (SSSR count). The summed E-state index contributed by atoms with van der Waals surface area (Å²) in [6.45, 7) is 0. The Morgan fingerprint density at radius 3 is 2.43 bits per heavy atom. The fourth-order valence-corrected chi connectivity index (χ4v) is 4.38. The monoisotopic (exact) mass is 429 g/mol. The molecule has 3 aromatic rings. The molecule has 0 amide bonds. The summed E-state index contributed by atoms with van der Waals surface area (Å²) in [4.78, 5) is 16.9. The number of fused-ring (bicyclic) bond motifs is 1. The number of aromatic nitrogens is 3. The lowest BCUT2D eigenvalue weighted by molar-refractivity contribution is 0.221. The van der Waals surface area contributed by atoms with Crippen LogP contribution < -0.4 is 5.32 Å². The molecule has 7 nitrogen and oxygen atoms in total. The van der Waals surface area contributed by atoms with E-state index in [9.17, 15) is 0 Å². The van der Waals surface area contributed by atoms with E-state index in [-0.39, 0.29) is 11.0 Å². The van der Waals surface area contributed by atoms with E-state index in [0.29, 0.717) is 12.1 Å². The quantitative estimate of drug-likeness (QED) is 0.623. The van der Waals surface area contributed by atoms with Crippen molar-refractivity contribution < 1.29 is 11.0 Å². The summed E-state index contributed by atoms with van der Waals surface area (Å²) in [5.74, 6) is 0.939. The van der Waals surface area contributed by atoms with Gasteiger partial charge in [0.05, 0.1) is 5.52 Å². The van der Waals surface area contributed by atoms with Gasteiger partial charge in [-0.1, -0.05) is 6.07 Å². The average molecular weight is 430 g/mol. The van der Waals surface area contributed by atoms with Crippen LogP contribution in [0.15, 0.2) is 47.9 Å². The molecule has 0 saturated heterocycles. The molecule has 0 bridgehead atoms. The Labute approximate surface area is 182 Å². The standard InChI is InChI=1S/C22H27N5S.2H2O/c1-27(2)18-7-5-17(6-8-18)26-22-20-11-15(4-9-21(20)24-14-25-22)16-10-19(28-3)13-23-12-16;;/h4,9-14,17-18H,5-8H2,1-3H3,(H,24,25,26);2*1H2. The molecule has 5 N–H and O–H groups in total. The minimum Gasteiger partial charge on any atom is -0.412 e. The molecule has 2 heterocycles. The van der Waals surface area contributed by atoms with Crippen molar-refractivity contribution in [2.24, 2.45) is 0 Å². The number of thioether (sulfide) groups is 1. The second-order valence-electron chi connectivity index (χ2n) is 7.68. The number of pyridine rings is 1. The Balaban J connectivity index is 0.00000160. The van der Waals surface area contributed by atoms with Crippen LogP contribution in [0.5, 0.6) is 0 Å². The lowest BCUT2D eigenvalue weighted by Gasteiger charge is -2.33. The molecule has 1 saturated carbocycles. The molecule has 0 atom stereocenters. The molecule has 0 spiro atoms. The number of nitrogens with zero attached hydrogens (tertiary/aromatic N) is 4. The highest BCUT2D eigenvalue weighted by Gasteiger charge is 2.23. The Morgan fingerprint density at radius 1 is 0.967 bits per heavy atom. The molecule has 0 aliphatic heterocycles. The highest BCUT2D eigenvalue weighted by Crippen LogP contribution is 2.30. The summed E-state index contributed by atoms with van der Waals surface area (Å²) in [6.07, 6.45) is 12.4. The molecule has 162 valence electrons. The van der Waals surface area contributed by atoms with Gasteiger partial charge in [0.25, 0.3) is 0 Å². The van der Waals surface area contributed by atoms with Gasteiger partial charge in [-0.05, 0) is 69.8 Å². The Kier molecular flexibility index (Phi) is 8.54. The fraction of sp³-hybridized carbons (Fsp3) is 0.409. The number of anilines is 1. The van der Waals surface area contributed by atoms with Gasteiger partial charge in [0.1, 0.15) is 12.1 Å². The van der Waals surface area contributed by atoms with Crippen LogP contribution >= 0.6 is 11.8 Å². The molecule has 30 heavy (non-hydrogen) atoms. The van der Waals surface area contributed by atoms with Gasteiger partial charge in [0, 0.05) is 40.3 Å². The first-order valence-corrected chi connectivity index (χ1v) is 11.0. The van der Waals surface area contributed by atoms with Crippen LogP contribution in [0.2, 0.25) is 0 Å². The molecule has 2 aromatic heterocycles. The predicted molar refractivity (Wildman–Crippen MR) is 125 cm³/mol. The molecule has 1 aliphatic rings. The molecular formula is C22H31N5O2S. The third kappa shape index (κ3) is 5.26. The molecule has 1 aliphatic carbocycles. The summed E-state index contributed by atoms with van der Waals surface area (Å²) in [6, 6.07) is 9.72. The Morgan fingerprint density at radius 2 is 1.73 bits per heavy atom.